The van der Waals surface area contributed by atoms with Gasteiger partial charge in [-0.25, -0.2) is 4.98 Å². The molecule has 1 aromatic rings. The van der Waals surface area contributed by atoms with Gasteiger partial charge in [-0.3, -0.25) is 4.79 Å². The fraction of sp³-hybridized carbons (Fsp3) is 0.571. The predicted octanol–water partition coefficient (Wildman–Crippen LogP) is 3.92. The lowest BCUT2D eigenvalue weighted by atomic mass is 9.82. The summed E-state index contributed by atoms with van der Waals surface area (Å²) in [7, 11) is 0. The zero-order chi connectivity index (χ0) is 13.1. The number of anilines is 1. The predicted molar refractivity (Wildman–Crippen MR) is 76.4 cm³/mol. The molecule has 4 heteroatoms. The van der Waals surface area contributed by atoms with E-state index < -0.39 is 0 Å². The Balaban J connectivity index is 1.98. The van der Waals surface area contributed by atoms with E-state index in [-0.39, 0.29) is 11.8 Å². The zero-order valence-electron chi connectivity index (χ0n) is 10.9. The number of carbonyl (C=O) groups excluding carboxylic acids is 1. The van der Waals surface area contributed by atoms with Crippen LogP contribution in [-0.2, 0) is 4.79 Å². The maximum Gasteiger partial charge on any atom is 0.228 e. The van der Waals surface area contributed by atoms with Gasteiger partial charge in [0.1, 0.15) is 5.82 Å². The molecular formula is C14H19BrN2O. The molecule has 18 heavy (non-hydrogen) atoms. The van der Waals surface area contributed by atoms with Gasteiger partial charge in [-0.05, 0) is 66.1 Å². The summed E-state index contributed by atoms with van der Waals surface area (Å²) in [4.78, 5) is 16.4. The first-order valence-electron chi connectivity index (χ1n) is 6.49. The number of pyridine rings is 1. The van der Waals surface area contributed by atoms with E-state index in [0.29, 0.717) is 5.82 Å². The quantitative estimate of drug-likeness (QED) is 0.899. The lowest BCUT2D eigenvalue weighted by Crippen LogP contribution is -2.27. The highest BCUT2D eigenvalue weighted by Crippen LogP contribution is 2.29. The third kappa shape index (κ3) is 3.31. The van der Waals surface area contributed by atoms with Crippen LogP contribution in [0.25, 0.3) is 0 Å². The molecule has 0 radical (unpaired) electrons. The van der Waals surface area contributed by atoms with Crippen molar-refractivity contribution in [1.29, 1.82) is 0 Å². The Kier molecular flexibility index (Phi) is 4.38. The smallest absolute Gasteiger partial charge is 0.228 e. The molecule has 1 amide bonds. The summed E-state index contributed by atoms with van der Waals surface area (Å²) in [5.74, 6) is 1.73. The van der Waals surface area contributed by atoms with Crippen LogP contribution in [0.2, 0.25) is 0 Å². The van der Waals surface area contributed by atoms with Gasteiger partial charge >= 0.3 is 0 Å². The van der Waals surface area contributed by atoms with E-state index in [9.17, 15) is 4.79 Å². The number of aromatic nitrogens is 1. The van der Waals surface area contributed by atoms with E-state index in [1.807, 2.05) is 13.0 Å². The average molecular weight is 311 g/mol. The first kappa shape index (κ1) is 13.5. The van der Waals surface area contributed by atoms with Gasteiger partial charge in [0.15, 0.2) is 0 Å². The first-order chi connectivity index (χ1) is 8.56. The number of aryl methyl sites for hydroxylation is 1. The fourth-order valence-electron chi connectivity index (χ4n) is 2.41. The van der Waals surface area contributed by atoms with Gasteiger partial charge in [0.25, 0.3) is 0 Å². The lowest BCUT2D eigenvalue weighted by Gasteiger charge is -2.25. The summed E-state index contributed by atoms with van der Waals surface area (Å²) >= 11 is 3.37. The topological polar surface area (TPSA) is 42.0 Å². The number of rotatable bonds is 2. The summed E-state index contributed by atoms with van der Waals surface area (Å²) in [6, 6.07) is 1.96. The Morgan fingerprint density at radius 3 is 2.67 bits per heavy atom. The average Bonchev–Trinajstić information content (AvgIpc) is 2.33. The molecule has 0 unspecified atom stereocenters. The molecule has 0 saturated heterocycles. The molecule has 0 spiro atoms. The van der Waals surface area contributed by atoms with Crippen LogP contribution in [0.4, 0.5) is 5.82 Å². The van der Waals surface area contributed by atoms with Crippen LogP contribution in [-0.4, -0.2) is 10.9 Å². The first-order valence-corrected chi connectivity index (χ1v) is 7.28. The van der Waals surface area contributed by atoms with Crippen molar-refractivity contribution in [3.05, 3.63) is 22.3 Å². The van der Waals surface area contributed by atoms with Crippen LogP contribution < -0.4 is 5.32 Å². The van der Waals surface area contributed by atoms with Crippen molar-refractivity contribution in [3.8, 4) is 0 Å². The summed E-state index contributed by atoms with van der Waals surface area (Å²) in [5.41, 5.74) is 0.988. The van der Waals surface area contributed by atoms with Crippen molar-refractivity contribution in [3.63, 3.8) is 0 Å². The molecule has 1 aromatic heterocycles. The normalized spacial score (nSPS) is 23.7. The van der Waals surface area contributed by atoms with Crippen molar-refractivity contribution < 1.29 is 4.79 Å². The van der Waals surface area contributed by atoms with Crippen LogP contribution >= 0.6 is 15.9 Å². The van der Waals surface area contributed by atoms with Crippen molar-refractivity contribution in [2.75, 3.05) is 5.32 Å². The highest BCUT2D eigenvalue weighted by atomic mass is 79.9. The molecular weight excluding hydrogens is 292 g/mol. The van der Waals surface area contributed by atoms with Gasteiger partial charge in [0, 0.05) is 16.6 Å². The highest BCUT2D eigenvalue weighted by Gasteiger charge is 2.24. The molecule has 0 atom stereocenters. The van der Waals surface area contributed by atoms with E-state index in [4.69, 9.17) is 0 Å². The van der Waals surface area contributed by atoms with Gasteiger partial charge in [-0.2, -0.15) is 0 Å². The van der Waals surface area contributed by atoms with Crippen molar-refractivity contribution in [2.24, 2.45) is 11.8 Å². The Hall–Kier alpha value is -0.900. The molecule has 3 nitrogen and oxygen atoms in total. The Morgan fingerprint density at radius 2 is 2.06 bits per heavy atom. The van der Waals surface area contributed by atoms with Gasteiger partial charge in [0.2, 0.25) is 5.91 Å². The van der Waals surface area contributed by atoms with Crippen LogP contribution in [0.1, 0.15) is 38.2 Å². The molecule has 1 aliphatic rings. The second-order valence-electron chi connectivity index (χ2n) is 5.27. The van der Waals surface area contributed by atoms with E-state index in [1.54, 1.807) is 6.20 Å². The number of halogens is 1. The van der Waals surface area contributed by atoms with Gasteiger partial charge < -0.3 is 5.32 Å². The maximum atomic E-state index is 12.1. The van der Waals surface area contributed by atoms with Crippen LogP contribution in [0.5, 0.6) is 0 Å². The molecule has 1 heterocycles. The highest BCUT2D eigenvalue weighted by molar-refractivity contribution is 9.10. The number of hydrogen-bond acceptors (Lipinski definition) is 2. The third-order valence-electron chi connectivity index (χ3n) is 3.67. The van der Waals surface area contributed by atoms with Crippen molar-refractivity contribution >= 4 is 27.7 Å². The van der Waals surface area contributed by atoms with Crippen molar-refractivity contribution in [1.82, 2.24) is 4.98 Å². The Labute approximate surface area is 117 Å². The van der Waals surface area contributed by atoms with E-state index in [2.05, 4.69) is 33.2 Å². The monoisotopic (exact) mass is 310 g/mol. The van der Waals surface area contributed by atoms with Gasteiger partial charge in [-0.15, -0.1) is 0 Å². The molecule has 0 bridgehead atoms. The molecule has 1 N–H and O–H groups in total. The fourth-order valence-corrected chi connectivity index (χ4v) is 2.86. The Bertz CT molecular complexity index is 439. The summed E-state index contributed by atoms with van der Waals surface area (Å²) < 4.78 is 0.935. The molecule has 2 rings (SSSR count). The van der Waals surface area contributed by atoms with E-state index in [1.165, 1.54) is 0 Å². The number of carbonyl (C=O) groups is 1. The zero-order valence-corrected chi connectivity index (χ0v) is 12.5. The summed E-state index contributed by atoms with van der Waals surface area (Å²) in [5, 5.41) is 2.95. The number of nitrogens with one attached hydrogen (secondary N) is 1. The molecule has 0 aliphatic heterocycles. The molecule has 1 aliphatic carbocycles. The number of hydrogen-bond donors (Lipinski definition) is 1. The van der Waals surface area contributed by atoms with Gasteiger partial charge in [-0.1, -0.05) is 6.92 Å². The summed E-state index contributed by atoms with van der Waals surface area (Å²) in [6.07, 6.45) is 6.03. The van der Waals surface area contributed by atoms with Crippen LogP contribution in [0, 0.1) is 18.8 Å². The molecule has 98 valence electrons. The largest absolute Gasteiger partial charge is 0.310 e. The van der Waals surface area contributed by atoms with E-state index in [0.717, 1.165) is 41.6 Å². The third-order valence-corrected chi connectivity index (χ3v) is 4.11. The minimum atomic E-state index is 0.125. The lowest BCUT2D eigenvalue weighted by molar-refractivity contribution is -0.121. The molecule has 0 aromatic carbocycles. The summed E-state index contributed by atoms with van der Waals surface area (Å²) in [6.45, 7) is 4.21. The van der Waals surface area contributed by atoms with Crippen LogP contribution in [0.3, 0.4) is 0 Å². The van der Waals surface area contributed by atoms with E-state index >= 15 is 0 Å². The SMILES string of the molecule is Cc1cc(Br)cnc1NC(=O)C1CCC(C)CC1. The Morgan fingerprint density at radius 1 is 1.39 bits per heavy atom. The maximum absolute atomic E-state index is 12.1. The van der Waals surface area contributed by atoms with Crippen LogP contribution in [0.15, 0.2) is 16.7 Å². The standard InChI is InChI=1S/C14H19BrN2O/c1-9-3-5-11(6-4-9)14(18)17-13-10(2)7-12(15)8-16-13/h7-9,11H,3-6H2,1-2H3,(H,16,17,18). The van der Waals surface area contributed by atoms with Gasteiger partial charge in [0.05, 0.1) is 0 Å². The number of nitrogens with zero attached hydrogens (tertiary/aromatic N) is 1. The molecule has 1 saturated carbocycles. The number of amides is 1. The molecule has 1 fully saturated rings. The minimum absolute atomic E-state index is 0.125. The van der Waals surface area contributed by atoms with Crippen molar-refractivity contribution in [2.45, 2.75) is 39.5 Å². The minimum Gasteiger partial charge on any atom is -0.310 e. The second-order valence-corrected chi connectivity index (χ2v) is 6.18. The second kappa shape index (κ2) is 5.83.